The molecule has 66 heavy (non-hydrogen) atoms. The smallest absolute Gasteiger partial charge is 0.408 e. The van der Waals surface area contributed by atoms with Crippen LogP contribution in [0, 0.1) is 5.92 Å². The molecule has 0 spiro atoms. The van der Waals surface area contributed by atoms with Gasteiger partial charge < -0.3 is 39.9 Å². The molecule has 342 valence electrons. The fourth-order valence-electron chi connectivity index (χ4n) is 9.75. The topological polar surface area (TPSA) is 175 Å². The molecule has 0 unspecified atom stereocenters. The van der Waals surface area contributed by atoms with Gasteiger partial charge in [0.15, 0.2) is 0 Å². The van der Waals surface area contributed by atoms with Crippen molar-refractivity contribution in [1.29, 1.82) is 0 Å². The number of nitrogens with one attached hydrogen (secondary N) is 4. The number of imidazole rings is 2. The van der Waals surface area contributed by atoms with E-state index in [0.717, 1.165) is 94.5 Å². The molecule has 6 aromatic rings. The van der Waals surface area contributed by atoms with E-state index >= 15 is 0 Å². The molecule has 4 N–H and O–H groups in total. The summed E-state index contributed by atoms with van der Waals surface area (Å²) in [5.74, 6) is 1.07. The zero-order chi connectivity index (χ0) is 46.3. The monoisotopic (exact) mass is 890 g/mol. The van der Waals surface area contributed by atoms with Crippen LogP contribution in [0.5, 0.6) is 0 Å². The van der Waals surface area contributed by atoms with Crippen molar-refractivity contribution in [2.45, 2.75) is 103 Å². The second kappa shape index (κ2) is 18.1. The van der Waals surface area contributed by atoms with Crippen LogP contribution in [0.3, 0.4) is 0 Å². The summed E-state index contributed by atoms with van der Waals surface area (Å²) in [4.78, 5) is 73.6. The van der Waals surface area contributed by atoms with Crippen LogP contribution in [0.25, 0.3) is 44.4 Å². The molecule has 3 aliphatic rings. The van der Waals surface area contributed by atoms with Gasteiger partial charge in [-0.05, 0) is 110 Å². The van der Waals surface area contributed by atoms with Gasteiger partial charge in [-0.2, -0.15) is 0 Å². The number of aromatic nitrogens is 4. The van der Waals surface area contributed by atoms with E-state index in [2.05, 4.69) is 75.2 Å². The van der Waals surface area contributed by atoms with Gasteiger partial charge in [-0.25, -0.2) is 19.6 Å². The van der Waals surface area contributed by atoms with E-state index in [0.29, 0.717) is 24.5 Å². The first-order chi connectivity index (χ1) is 31.7. The predicted molar refractivity (Wildman–Crippen MR) is 252 cm³/mol. The van der Waals surface area contributed by atoms with Crippen LogP contribution in [-0.4, -0.2) is 85.6 Å². The third-order valence-corrected chi connectivity index (χ3v) is 13.0. The Morgan fingerprint density at radius 3 is 2.09 bits per heavy atom. The van der Waals surface area contributed by atoms with Crippen LogP contribution in [0.4, 0.5) is 9.59 Å². The molecule has 2 aromatic heterocycles. The largest absolute Gasteiger partial charge is 0.453 e. The maximum atomic E-state index is 14.2. The zero-order valence-corrected chi connectivity index (χ0v) is 38.4. The Morgan fingerprint density at radius 2 is 1.39 bits per heavy atom. The molecule has 4 amide bonds. The van der Waals surface area contributed by atoms with E-state index in [9.17, 15) is 19.2 Å². The van der Waals surface area contributed by atoms with E-state index in [1.54, 1.807) is 20.8 Å². The highest BCUT2D eigenvalue weighted by molar-refractivity contribution is 5.91. The number of ether oxygens (including phenoxy) is 2. The summed E-state index contributed by atoms with van der Waals surface area (Å²) < 4.78 is 10.3. The number of aryl methyl sites for hydroxylation is 2. The molecular weight excluding hydrogens is 833 g/mol. The first kappa shape index (κ1) is 44.3. The van der Waals surface area contributed by atoms with Crippen molar-refractivity contribution in [2.75, 3.05) is 20.2 Å². The van der Waals surface area contributed by atoms with Gasteiger partial charge in [0.25, 0.3) is 5.91 Å². The van der Waals surface area contributed by atoms with Crippen molar-refractivity contribution in [1.82, 2.24) is 40.4 Å². The number of aromatic amines is 2. The highest BCUT2D eigenvalue weighted by Crippen LogP contribution is 2.40. The Labute approximate surface area is 384 Å². The summed E-state index contributed by atoms with van der Waals surface area (Å²) in [6, 6.07) is 26.8. The number of fused-ring (bicyclic) bond motifs is 4. The Balaban J connectivity index is 0.900. The lowest BCUT2D eigenvalue weighted by Gasteiger charge is -2.30. The molecule has 1 aliphatic carbocycles. The molecule has 2 saturated heterocycles. The first-order valence-corrected chi connectivity index (χ1v) is 23.1. The van der Waals surface area contributed by atoms with Gasteiger partial charge >= 0.3 is 12.2 Å². The van der Waals surface area contributed by atoms with Crippen LogP contribution in [0.15, 0.2) is 91.1 Å². The number of nitrogens with zero attached hydrogens (tertiary/aromatic N) is 4. The van der Waals surface area contributed by atoms with Crippen molar-refractivity contribution in [3.8, 4) is 33.6 Å². The van der Waals surface area contributed by atoms with Crippen molar-refractivity contribution >= 4 is 34.8 Å². The number of carbonyl (C=O) groups is 4. The Bertz CT molecular complexity index is 2790. The average Bonchev–Trinajstić information content (AvgIpc) is 4.15. The molecule has 4 heterocycles. The van der Waals surface area contributed by atoms with E-state index < -0.39 is 29.9 Å². The minimum atomic E-state index is -0.906. The summed E-state index contributed by atoms with van der Waals surface area (Å²) in [5, 5.41) is 7.78. The summed E-state index contributed by atoms with van der Waals surface area (Å²) in [5.41, 5.74) is 8.49. The zero-order valence-electron chi connectivity index (χ0n) is 38.4. The first-order valence-electron chi connectivity index (χ1n) is 23.1. The lowest BCUT2D eigenvalue weighted by atomic mass is 9.89. The molecule has 0 bridgehead atoms. The van der Waals surface area contributed by atoms with E-state index in [1.165, 1.54) is 12.7 Å². The maximum absolute atomic E-state index is 14.2. The number of benzene rings is 4. The Hall–Kier alpha value is -6.96. The van der Waals surface area contributed by atoms with E-state index in [4.69, 9.17) is 19.4 Å². The normalized spacial score (nSPS) is 17.9. The number of hydrogen-bond donors (Lipinski definition) is 4. The van der Waals surface area contributed by atoms with Gasteiger partial charge in [0.05, 0.1) is 42.5 Å². The maximum Gasteiger partial charge on any atom is 0.408 e. The van der Waals surface area contributed by atoms with Crippen LogP contribution < -0.4 is 10.6 Å². The van der Waals surface area contributed by atoms with Crippen molar-refractivity contribution < 1.29 is 28.7 Å². The molecule has 9 rings (SSSR count). The molecule has 4 aromatic carbocycles. The minimum absolute atomic E-state index is 0.104. The minimum Gasteiger partial charge on any atom is -0.453 e. The lowest BCUT2D eigenvalue weighted by molar-refractivity contribution is -0.136. The van der Waals surface area contributed by atoms with Crippen LogP contribution in [0.2, 0.25) is 0 Å². The van der Waals surface area contributed by atoms with Gasteiger partial charge in [0.2, 0.25) is 5.91 Å². The third kappa shape index (κ3) is 9.01. The van der Waals surface area contributed by atoms with Crippen LogP contribution in [-0.2, 0) is 31.9 Å². The molecule has 2 fully saturated rings. The van der Waals surface area contributed by atoms with Crippen molar-refractivity contribution in [3.63, 3.8) is 0 Å². The summed E-state index contributed by atoms with van der Waals surface area (Å²) >= 11 is 0. The summed E-state index contributed by atoms with van der Waals surface area (Å²) in [6.45, 7) is 10.4. The summed E-state index contributed by atoms with van der Waals surface area (Å²) in [6.07, 6.45) is 5.45. The fraction of sp³-hybridized carbons (Fsp3) is 0.385. The van der Waals surface area contributed by atoms with Gasteiger partial charge in [-0.15, -0.1) is 0 Å². The SMILES string of the molecule is COC(=O)N[C@H](C(=O)N1CCC[C@H]1c1nc2c([nH]1)-c1ccc(-c3ccc4cc(-c5cnc([C@@H]6CCCN6C(=O)[C@H](NC(=O)OC(C)(C)C)c6ccccc6)[nH]5)ccc4c3)cc1CC2)C(C)C. The fourth-order valence-corrected chi connectivity index (χ4v) is 9.75. The van der Waals surface area contributed by atoms with Gasteiger partial charge in [-0.3, -0.25) is 9.59 Å². The van der Waals surface area contributed by atoms with Gasteiger partial charge in [-0.1, -0.05) is 86.6 Å². The standard InChI is InChI=1S/C52H58N8O6/c1-30(2)43(57-50(63)65-6)48(61)60-25-11-15-42(60)47-54-39-23-21-36-27-35(20-22-38(36)45(39)56-47)32-16-17-34-28-37(19-18-33(34)26-32)40-29-53-46(55-40)41-14-10-24-59(41)49(62)44(31-12-8-7-9-13-31)58-51(64)66-52(3,4)5/h7-9,12-13,16-20,22,26-30,41-44H,10-11,14-15,21,23-25H2,1-6H3,(H,53,55)(H,54,56)(H,57,63)(H,58,64)/t41-,42-,43-,44+/m0/s1. The second-order valence-corrected chi connectivity index (χ2v) is 19.0. The number of carbonyl (C=O) groups excluding carboxylic acids is 4. The number of amides is 4. The van der Waals surface area contributed by atoms with Crippen LogP contribution in [0.1, 0.15) is 107 Å². The predicted octanol–water partition coefficient (Wildman–Crippen LogP) is 9.36. The molecule has 14 heteroatoms. The molecular formula is C52H58N8O6. The number of rotatable bonds is 10. The third-order valence-electron chi connectivity index (χ3n) is 13.0. The number of alkyl carbamates (subject to hydrolysis) is 2. The second-order valence-electron chi connectivity index (χ2n) is 19.0. The average molecular weight is 891 g/mol. The molecule has 4 atom stereocenters. The lowest BCUT2D eigenvalue weighted by Crippen LogP contribution is -2.51. The highest BCUT2D eigenvalue weighted by atomic mass is 16.6. The Kier molecular flexibility index (Phi) is 12.2. The molecule has 0 radical (unpaired) electrons. The van der Waals surface area contributed by atoms with Crippen LogP contribution >= 0.6 is 0 Å². The number of likely N-dealkylation sites (tertiary alicyclic amines) is 2. The Morgan fingerprint density at radius 1 is 0.742 bits per heavy atom. The molecule has 2 aliphatic heterocycles. The molecule has 0 saturated carbocycles. The van der Waals surface area contributed by atoms with E-state index in [1.807, 2.05) is 60.2 Å². The number of H-pyrrole nitrogens is 2. The number of methoxy groups -OCH3 is 1. The van der Waals surface area contributed by atoms with Gasteiger partial charge in [0.1, 0.15) is 29.3 Å². The molecule has 14 nitrogen and oxygen atoms in total. The summed E-state index contributed by atoms with van der Waals surface area (Å²) in [7, 11) is 1.30. The van der Waals surface area contributed by atoms with Crippen molar-refractivity contribution in [2.24, 2.45) is 5.92 Å². The van der Waals surface area contributed by atoms with Crippen molar-refractivity contribution in [3.05, 3.63) is 120 Å². The highest BCUT2D eigenvalue weighted by Gasteiger charge is 2.39. The van der Waals surface area contributed by atoms with E-state index in [-0.39, 0.29) is 29.8 Å². The quantitative estimate of drug-likeness (QED) is 0.105. The number of hydrogen-bond acceptors (Lipinski definition) is 8. The van der Waals surface area contributed by atoms with Gasteiger partial charge in [0, 0.05) is 24.2 Å².